The lowest BCUT2D eigenvalue weighted by atomic mass is 9.80. The van der Waals surface area contributed by atoms with E-state index in [-0.39, 0.29) is 5.41 Å². The molecule has 1 aromatic heterocycles. The minimum absolute atomic E-state index is 0.0629. The van der Waals surface area contributed by atoms with Crippen molar-refractivity contribution in [2.75, 3.05) is 4.90 Å². The summed E-state index contributed by atoms with van der Waals surface area (Å²) >= 11 is 0. The fraction of sp³-hybridized carbons (Fsp3) is 0.179. The van der Waals surface area contributed by atoms with Gasteiger partial charge in [-0.1, -0.05) is 180 Å². The highest BCUT2D eigenvalue weighted by atomic mass is 16.3. The molecule has 0 aliphatic heterocycles. The van der Waals surface area contributed by atoms with Crippen molar-refractivity contribution in [1.82, 2.24) is 0 Å². The summed E-state index contributed by atoms with van der Waals surface area (Å²) in [5.41, 5.74) is 15.2. The molecule has 0 atom stereocenters. The number of fused-ring (bicyclic) bond motifs is 4. The van der Waals surface area contributed by atoms with Crippen LogP contribution in [0.4, 0.5) is 17.1 Å². The van der Waals surface area contributed by atoms with Gasteiger partial charge >= 0.3 is 0 Å². The molecular formula is C56H49NO. The lowest BCUT2D eigenvalue weighted by Gasteiger charge is -2.33. The maximum absolute atomic E-state index is 6.31. The van der Waals surface area contributed by atoms with Gasteiger partial charge in [-0.05, 0) is 99.2 Å². The van der Waals surface area contributed by atoms with Gasteiger partial charge in [0.25, 0.3) is 0 Å². The fourth-order valence-electron chi connectivity index (χ4n) is 9.49. The third kappa shape index (κ3) is 6.47. The number of anilines is 3. The zero-order valence-electron chi connectivity index (χ0n) is 33.7. The molecule has 0 radical (unpaired) electrons. The molecule has 1 fully saturated rings. The standard InChI is InChI=1S/C56H49NO/c1-56(2,3)42-33-34-44(38-18-6-4-7-19-38)52(37-42)57(50-29-13-10-24-43(50)41-32-35-54-49(36-41)47-26-12-15-31-53(47)58-54)51-30-14-11-25-46(51)48-28-17-23-40-22-16-27-45(55(40)48)39-20-8-5-9-21-39/h4,6-7,10-19,22-37,39H,5,8-9,20-21H2,1-3H3. The number of hydrogen-bond donors (Lipinski definition) is 0. The molecule has 284 valence electrons. The van der Waals surface area contributed by atoms with Crippen LogP contribution in [-0.2, 0) is 5.41 Å². The lowest BCUT2D eigenvalue weighted by Crippen LogP contribution is -2.17. The highest BCUT2D eigenvalue weighted by Crippen LogP contribution is 2.50. The molecular weight excluding hydrogens is 703 g/mol. The quantitative estimate of drug-likeness (QED) is 0.161. The summed E-state index contributed by atoms with van der Waals surface area (Å²) in [4.78, 5) is 2.56. The van der Waals surface area contributed by atoms with E-state index in [2.05, 4.69) is 196 Å². The topological polar surface area (TPSA) is 16.4 Å². The van der Waals surface area contributed by atoms with E-state index in [4.69, 9.17) is 4.42 Å². The Morgan fingerprint density at radius 3 is 1.90 bits per heavy atom. The Morgan fingerprint density at radius 2 is 1.10 bits per heavy atom. The van der Waals surface area contributed by atoms with Crippen LogP contribution in [0.1, 0.15) is 69.9 Å². The van der Waals surface area contributed by atoms with E-state index < -0.39 is 0 Å². The highest BCUT2D eigenvalue weighted by Gasteiger charge is 2.27. The molecule has 10 rings (SSSR count). The van der Waals surface area contributed by atoms with E-state index in [1.807, 2.05) is 6.07 Å². The maximum Gasteiger partial charge on any atom is 0.135 e. The lowest BCUT2D eigenvalue weighted by molar-refractivity contribution is 0.445. The molecule has 2 heteroatoms. The Balaban J connectivity index is 1.27. The molecule has 1 heterocycles. The van der Waals surface area contributed by atoms with Crippen LogP contribution in [0.5, 0.6) is 0 Å². The van der Waals surface area contributed by atoms with Crippen LogP contribution in [0.2, 0.25) is 0 Å². The van der Waals surface area contributed by atoms with E-state index in [9.17, 15) is 0 Å². The van der Waals surface area contributed by atoms with E-state index in [0.717, 1.165) is 50.1 Å². The van der Waals surface area contributed by atoms with Crippen molar-refractivity contribution in [3.05, 3.63) is 187 Å². The van der Waals surface area contributed by atoms with Crippen molar-refractivity contribution in [2.24, 2.45) is 0 Å². The number of nitrogens with zero attached hydrogens (tertiary/aromatic N) is 1. The van der Waals surface area contributed by atoms with Gasteiger partial charge in [0.1, 0.15) is 11.2 Å². The van der Waals surface area contributed by atoms with Crippen molar-refractivity contribution in [2.45, 2.75) is 64.2 Å². The molecule has 1 saturated carbocycles. The Kier molecular flexibility index (Phi) is 9.21. The summed E-state index contributed by atoms with van der Waals surface area (Å²) in [7, 11) is 0. The Bertz CT molecular complexity index is 2920. The van der Waals surface area contributed by atoms with Crippen molar-refractivity contribution in [1.29, 1.82) is 0 Å². The fourth-order valence-corrected chi connectivity index (χ4v) is 9.49. The molecule has 1 aliphatic rings. The molecule has 0 bridgehead atoms. The summed E-state index contributed by atoms with van der Waals surface area (Å²) in [5.74, 6) is 0.574. The third-order valence-electron chi connectivity index (χ3n) is 12.4. The molecule has 1 aliphatic carbocycles. The first-order valence-corrected chi connectivity index (χ1v) is 21.0. The molecule has 0 saturated heterocycles. The normalized spacial score (nSPS) is 13.7. The summed E-state index contributed by atoms with van der Waals surface area (Å²) in [5, 5.41) is 4.96. The predicted octanol–water partition coefficient (Wildman–Crippen LogP) is 16.6. The number of rotatable bonds is 7. The molecule has 0 spiro atoms. The number of hydrogen-bond acceptors (Lipinski definition) is 2. The van der Waals surface area contributed by atoms with Crippen LogP contribution in [-0.4, -0.2) is 0 Å². The zero-order valence-corrected chi connectivity index (χ0v) is 33.7. The summed E-state index contributed by atoms with van der Waals surface area (Å²) in [6, 6.07) is 65.0. The highest BCUT2D eigenvalue weighted by molar-refractivity contribution is 6.08. The van der Waals surface area contributed by atoms with Gasteiger partial charge in [-0.3, -0.25) is 0 Å². The minimum Gasteiger partial charge on any atom is -0.456 e. The van der Waals surface area contributed by atoms with Crippen LogP contribution < -0.4 is 4.90 Å². The van der Waals surface area contributed by atoms with Crippen molar-refractivity contribution < 1.29 is 4.42 Å². The second-order valence-electron chi connectivity index (χ2n) is 17.1. The average Bonchev–Trinajstić information content (AvgIpc) is 3.65. The predicted molar refractivity (Wildman–Crippen MR) is 247 cm³/mol. The van der Waals surface area contributed by atoms with Gasteiger partial charge in [-0.2, -0.15) is 0 Å². The van der Waals surface area contributed by atoms with Gasteiger partial charge in [-0.25, -0.2) is 0 Å². The number of furan rings is 1. The minimum atomic E-state index is -0.0629. The first-order chi connectivity index (χ1) is 28.4. The van der Waals surface area contributed by atoms with Gasteiger partial charge in [0.2, 0.25) is 0 Å². The first-order valence-electron chi connectivity index (χ1n) is 21.0. The van der Waals surface area contributed by atoms with Crippen LogP contribution in [0.15, 0.2) is 180 Å². The molecule has 0 unspecified atom stereocenters. The van der Waals surface area contributed by atoms with E-state index in [1.54, 1.807) is 0 Å². The molecule has 58 heavy (non-hydrogen) atoms. The van der Waals surface area contributed by atoms with Crippen LogP contribution in [0.3, 0.4) is 0 Å². The smallest absolute Gasteiger partial charge is 0.135 e. The van der Waals surface area contributed by atoms with Gasteiger partial charge in [0.15, 0.2) is 0 Å². The maximum atomic E-state index is 6.31. The second kappa shape index (κ2) is 14.8. The Morgan fingerprint density at radius 1 is 0.466 bits per heavy atom. The Hall–Kier alpha value is -6.38. The molecule has 8 aromatic carbocycles. The van der Waals surface area contributed by atoms with Crippen LogP contribution in [0.25, 0.3) is 66.1 Å². The number of benzene rings is 8. The summed E-state index contributed by atoms with van der Waals surface area (Å²) in [6.45, 7) is 6.94. The van der Waals surface area contributed by atoms with Crippen molar-refractivity contribution >= 4 is 49.8 Å². The van der Waals surface area contributed by atoms with E-state index >= 15 is 0 Å². The Labute approximate surface area is 342 Å². The molecule has 2 nitrogen and oxygen atoms in total. The van der Waals surface area contributed by atoms with Gasteiger partial charge in [-0.15, -0.1) is 0 Å². The largest absolute Gasteiger partial charge is 0.456 e. The monoisotopic (exact) mass is 751 g/mol. The van der Waals surface area contributed by atoms with Crippen LogP contribution in [0, 0.1) is 0 Å². The van der Waals surface area contributed by atoms with Gasteiger partial charge in [0.05, 0.1) is 17.1 Å². The van der Waals surface area contributed by atoms with E-state index in [1.165, 1.54) is 76.3 Å². The van der Waals surface area contributed by atoms with Crippen LogP contribution >= 0.6 is 0 Å². The van der Waals surface area contributed by atoms with Gasteiger partial charge in [0, 0.05) is 27.5 Å². The molecule has 0 amide bonds. The second-order valence-corrected chi connectivity index (χ2v) is 17.1. The molecule has 0 N–H and O–H groups in total. The van der Waals surface area contributed by atoms with Gasteiger partial charge < -0.3 is 9.32 Å². The SMILES string of the molecule is CC(C)(C)c1ccc(-c2ccccc2)c(N(c2ccccc2-c2ccc3oc4ccccc4c3c2)c2ccccc2-c2cccc3cccc(C4CCCCC4)c23)c1. The molecule has 9 aromatic rings. The average molecular weight is 752 g/mol. The van der Waals surface area contributed by atoms with Crippen molar-refractivity contribution in [3.8, 4) is 33.4 Å². The number of para-hydroxylation sites is 3. The summed E-state index contributed by atoms with van der Waals surface area (Å²) in [6.07, 6.45) is 6.45. The third-order valence-corrected chi connectivity index (χ3v) is 12.4. The first kappa shape index (κ1) is 36.0. The zero-order chi connectivity index (χ0) is 39.2. The van der Waals surface area contributed by atoms with E-state index in [0.29, 0.717) is 5.92 Å². The summed E-state index contributed by atoms with van der Waals surface area (Å²) < 4.78 is 6.31. The van der Waals surface area contributed by atoms with Crippen molar-refractivity contribution in [3.63, 3.8) is 0 Å².